The summed E-state index contributed by atoms with van der Waals surface area (Å²) in [4.78, 5) is 23.8. The van der Waals surface area contributed by atoms with Crippen molar-refractivity contribution >= 4 is 29.1 Å². The Morgan fingerprint density at radius 1 is 0.913 bits per heavy atom. The number of benzene rings is 2. The zero-order chi connectivity index (χ0) is 16.2. The van der Waals surface area contributed by atoms with Gasteiger partial charge in [-0.05, 0) is 48.5 Å². The Labute approximate surface area is 138 Å². The number of nitrogens with one attached hydrogen (secondary N) is 2. The third kappa shape index (κ3) is 3.73. The molecule has 1 saturated heterocycles. The highest BCUT2D eigenvalue weighted by Gasteiger charge is 2.32. The van der Waals surface area contributed by atoms with Crippen molar-refractivity contribution in [2.75, 3.05) is 0 Å². The summed E-state index contributed by atoms with van der Waals surface area (Å²) in [5, 5.41) is 4.98. The van der Waals surface area contributed by atoms with Crippen molar-refractivity contribution in [2.45, 2.75) is 6.42 Å². The van der Waals surface area contributed by atoms with Gasteiger partial charge in [-0.2, -0.15) is 0 Å². The minimum absolute atomic E-state index is 0.0532. The molecule has 116 valence electrons. The maximum Gasteiger partial charge on any atom is 0.239 e. The fourth-order valence-electron chi connectivity index (χ4n) is 2.33. The van der Waals surface area contributed by atoms with Crippen molar-refractivity contribution in [2.24, 2.45) is 5.92 Å². The fourth-order valence-corrected chi connectivity index (χ4v) is 2.53. The van der Waals surface area contributed by atoms with Gasteiger partial charge in [0.05, 0.1) is 0 Å². The zero-order valence-corrected chi connectivity index (χ0v) is 12.9. The van der Waals surface area contributed by atoms with Gasteiger partial charge in [0, 0.05) is 0 Å². The zero-order valence-electron chi connectivity index (χ0n) is 12.1. The van der Waals surface area contributed by atoms with Crippen molar-refractivity contribution in [1.82, 2.24) is 10.6 Å². The lowest BCUT2D eigenvalue weighted by Gasteiger charge is -2.22. The molecule has 5 nitrogen and oxygen atoms in total. The van der Waals surface area contributed by atoms with E-state index in [4.69, 9.17) is 17.0 Å². The van der Waals surface area contributed by atoms with E-state index in [1.807, 2.05) is 54.6 Å². The van der Waals surface area contributed by atoms with Gasteiger partial charge in [0.2, 0.25) is 11.8 Å². The molecule has 23 heavy (non-hydrogen) atoms. The molecule has 1 fully saturated rings. The second-order valence-electron chi connectivity index (χ2n) is 5.13. The number of carbonyl (C=O) groups is 2. The Bertz CT molecular complexity index is 741. The van der Waals surface area contributed by atoms with Crippen LogP contribution in [0.15, 0.2) is 54.6 Å². The normalized spacial score (nSPS) is 15.0. The molecule has 3 rings (SSSR count). The van der Waals surface area contributed by atoms with Crippen LogP contribution in [0.4, 0.5) is 0 Å². The Morgan fingerprint density at radius 3 is 2.26 bits per heavy atom. The smallest absolute Gasteiger partial charge is 0.239 e. The molecule has 0 radical (unpaired) electrons. The van der Waals surface area contributed by atoms with Gasteiger partial charge in [0.1, 0.15) is 17.4 Å². The Kier molecular flexibility index (Phi) is 4.34. The summed E-state index contributed by atoms with van der Waals surface area (Å²) < 4.78 is 5.76. The highest BCUT2D eigenvalue weighted by atomic mass is 32.1. The molecule has 1 aliphatic heterocycles. The number of hydrogen-bond donors (Lipinski definition) is 2. The van der Waals surface area contributed by atoms with Crippen molar-refractivity contribution in [3.8, 4) is 11.5 Å². The van der Waals surface area contributed by atoms with Crippen LogP contribution in [0.5, 0.6) is 11.5 Å². The molecule has 0 saturated carbocycles. The van der Waals surface area contributed by atoms with Crippen LogP contribution in [0.3, 0.4) is 0 Å². The van der Waals surface area contributed by atoms with E-state index in [9.17, 15) is 9.59 Å². The van der Waals surface area contributed by atoms with Crippen LogP contribution in [0.1, 0.15) is 5.56 Å². The van der Waals surface area contributed by atoms with E-state index in [-0.39, 0.29) is 23.3 Å². The van der Waals surface area contributed by atoms with Crippen LogP contribution in [-0.4, -0.2) is 16.9 Å². The number of ether oxygens (including phenoxy) is 1. The summed E-state index contributed by atoms with van der Waals surface area (Å²) in [7, 11) is 0. The first-order chi connectivity index (χ1) is 11.1. The summed E-state index contributed by atoms with van der Waals surface area (Å²) in [6, 6.07) is 16.7. The van der Waals surface area contributed by atoms with E-state index in [1.165, 1.54) is 0 Å². The van der Waals surface area contributed by atoms with Gasteiger partial charge in [-0.1, -0.05) is 30.3 Å². The molecule has 2 aromatic carbocycles. The molecule has 0 spiro atoms. The number of hydrogen-bond acceptors (Lipinski definition) is 4. The number of thiocarbonyl (C=S) groups is 1. The van der Waals surface area contributed by atoms with E-state index in [2.05, 4.69) is 10.6 Å². The predicted molar refractivity (Wildman–Crippen MR) is 89.0 cm³/mol. The van der Waals surface area contributed by atoms with Crippen molar-refractivity contribution in [1.29, 1.82) is 0 Å². The van der Waals surface area contributed by atoms with Crippen LogP contribution in [-0.2, 0) is 16.0 Å². The van der Waals surface area contributed by atoms with E-state index in [0.29, 0.717) is 5.75 Å². The summed E-state index contributed by atoms with van der Waals surface area (Å²) in [6.07, 6.45) is 0.284. The second-order valence-corrected chi connectivity index (χ2v) is 5.54. The van der Waals surface area contributed by atoms with Crippen molar-refractivity contribution in [3.05, 3.63) is 60.2 Å². The molecule has 0 bridgehead atoms. The lowest BCUT2D eigenvalue weighted by Crippen LogP contribution is -2.56. The molecule has 0 unspecified atom stereocenters. The first-order valence-electron chi connectivity index (χ1n) is 7.09. The Balaban J connectivity index is 1.74. The number of rotatable bonds is 4. The van der Waals surface area contributed by atoms with Crippen LogP contribution in [0.2, 0.25) is 0 Å². The molecule has 2 amide bonds. The maximum absolute atomic E-state index is 11.9. The average Bonchev–Trinajstić information content (AvgIpc) is 2.52. The summed E-state index contributed by atoms with van der Waals surface area (Å²) in [5.74, 6) is -0.182. The molecule has 2 N–H and O–H groups in total. The van der Waals surface area contributed by atoms with Gasteiger partial charge in [-0.15, -0.1) is 0 Å². The third-order valence-electron chi connectivity index (χ3n) is 3.42. The minimum atomic E-state index is -0.798. The van der Waals surface area contributed by atoms with Gasteiger partial charge >= 0.3 is 0 Å². The second kappa shape index (κ2) is 6.58. The molecule has 6 heteroatoms. The van der Waals surface area contributed by atoms with Gasteiger partial charge in [-0.3, -0.25) is 9.59 Å². The Hall–Kier alpha value is -2.73. The van der Waals surface area contributed by atoms with Gasteiger partial charge in [0.25, 0.3) is 0 Å². The number of carbonyl (C=O) groups excluding carboxylic acids is 2. The molecule has 0 aliphatic carbocycles. The first-order valence-corrected chi connectivity index (χ1v) is 7.50. The molecular formula is C17H14N2O3S. The number of para-hydroxylation sites is 1. The number of amides is 2. The summed E-state index contributed by atoms with van der Waals surface area (Å²) in [6.45, 7) is 0. The highest BCUT2D eigenvalue weighted by Crippen LogP contribution is 2.23. The minimum Gasteiger partial charge on any atom is -0.457 e. The van der Waals surface area contributed by atoms with Gasteiger partial charge < -0.3 is 15.4 Å². The van der Waals surface area contributed by atoms with Crippen molar-refractivity contribution < 1.29 is 14.3 Å². The maximum atomic E-state index is 11.9. The van der Waals surface area contributed by atoms with Crippen LogP contribution < -0.4 is 15.4 Å². The van der Waals surface area contributed by atoms with Gasteiger partial charge in [0.15, 0.2) is 5.11 Å². The topological polar surface area (TPSA) is 67.4 Å². The lowest BCUT2D eigenvalue weighted by molar-refractivity contribution is -0.135. The first kappa shape index (κ1) is 15.2. The molecule has 2 aromatic rings. The summed E-state index contributed by atoms with van der Waals surface area (Å²) >= 11 is 4.79. The van der Waals surface area contributed by atoms with E-state index < -0.39 is 5.92 Å². The highest BCUT2D eigenvalue weighted by molar-refractivity contribution is 7.80. The quantitative estimate of drug-likeness (QED) is 0.667. The molecule has 0 aromatic heterocycles. The fraction of sp³-hybridized carbons (Fsp3) is 0.118. The van der Waals surface area contributed by atoms with Crippen LogP contribution in [0.25, 0.3) is 0 Å². The largest absolute Gasteiger partial charge is 0.457 e. The molecule has 1 aliphatic rings. The lowest BCUT2D eigenvalue weighted by atomic mass is 9.96. The van der Waals surface area contributed by atoms with Crippen LogP contribution in [0, 0.1) is 5.92 Å². The molecule has 1 heterocycles. The predicted octanol–water partition coefficient (Wildman–Crippen LogP) is 2.17. The molecular weight excluding hydrogens is 312 g/mol. The Morgan fingerprint density at radius 2 is 1.57 bits per heavy atom. The van der Waals surface area contributed by atoms with E-state index in [1.54, 1.807) is 0 Å². The van der Waals surface area contributed by atoms with Gasteiger partial charge in [-0.25, -0.2) is 0 Å². The van der Waals surface area contributed by atoms with Crippen molar-refractivity contribution in [3.63, 3.8) is 0 Å². The summed E-state index contributed by atoms with van der Waals surface area (Å²) in [5.41, 5.74) is 0.835. The van der Waals surface area contributed by atoms with Crippen LogP contribution >= 0.6 is 12.2 Å². The molecule has 0 atom stereocenters. The average molecular weight is 326 g/mol. The monoisotopic (exact) mass is 326 g/mol. The van der Waals surface area contributed by atoms with E-state index >= 15 is 0 Å². The standard InChI is InChI=1S/C17H14N2O3S/c20-15-14(16(21)19-17(23)18-15)10-11-5-4-8-13(9-11)22-12-6-2-1-3-7-12/h1-9,14H,10H2,(H2,18,19,20,21,23). The van der Waals surface area contributed by atoms with E-state index in [0.717, 1.165) is 11.3 Å². The SMILES string of the molecule is O=C1NC(=S)NC(=O)C1Cc1cccc(Oc2ccccc2)c1. The third-order valence-corrected chi connectivity index (χ3v) is 3.63.